The predicted molar refractivity (Wildman–Crippen MR) is 74.2 cm³/mol. The van der Waals surface area contributed by atoms with Gasteiger partial charge in [-0.05, 0) is 18.2 Å². The van der Waals surface area contributed by atoms with Crippen molar-refractivity contribution in [1.29, 1.82) is 0 Å². The standard InChI is InChI=1S/C15H12N5/c1-18-14-12-3-2-5-17-20(12)9-13(14)19-8-10-7-16-6-4-11(10)15(18)19/h2-7,9H,8H2,1H3/q+1/i1D3. The number of imidazole rings is 1. The summed E-state index contributed by atoms with van der Waals surface area (Å²) in [5.74, 6) is 0.707. The lowest BCUT2D eigenvalue weighted by atomic mass is 10.2. The van der Waals surface area contributed by atoms with E-state index in [0.29, 0.717) is 17.9 Å². The van der Waals surface area contributed by atoms with E-state index in [-0.39, 0.29) is 0 Å². The minimum absolute atomic E-state index is 0.620. The van der Waals surface area contributed by atoms with Crippen LogP contribution in [0.2, 0.25) is 0 Å². The smallest absolute Gasteiger partial charge is 0.264 e. The number of pyridine rings is 1. The molecule has 5 rings (SSSR count). The van der Waals surface area contributed by atoms with Gasteiger partial charge in [0.15, 0.2) is 5.52 Å². The van der Waals surface area contributed by atoms with E-state index in [1.165, 1.54) is 4.57 Å². The van der Waals surface area contributed by atoms with Gasteiger partial charge >= 0.3 is 0 Å². The van der Waals surface area contributed by atoms with Crippen molar-refractivity contribution in [3.63, 3.8) is 0 Å². The van der Waals surface area contributed by atoms with E-state index in [1.807, 2.05) is 29.0 Å². The molecule has 0 aromatic carbocycles. The second-order valence-electron chi connectivity index (χ2n) is 4.99. The van der Waals surface area contributed by atoms with E-state index in [2.05, 4.69) is 10.1 Å². The molecule has 0 atom stereocenters. The summed E-state index contributed by atoms with van der Waals surface area (Å²) in [7, 11) is 0. The third-order valence-electron chi connectivity index (χ3n) is 3.96. The van der Waals surface area contributed by atoms with Gasteiger partial charge in [-0.15, -0.1) is 0 Å². The molecule has 0 fully saturated rings. The minimum Gasteiger partial charge on any atom is -0.264 e. The van der Waals surface area contributed by atoms with Crippen molar-refractivity contribution >= 4 is 16.6 Å². The lowest BCUT2D eigenvalue weighted by Gasteiger charge is -1.95. The number of rotatable bonds is 0. The zero-order valence-electron chi connectivity index (χ0n) is 13.5. The highest BCUT2D eigenvalue weighted by molar-refractivity contribution is 5.91. The Kier molecular flexibility index (Phi) is 1.27. The van der Waals surface area contributed by atoms with Crippen molar-refractivity contribution in [1.82, 2.24) is 19.2 Å². The molecule has 0 bridgehead atoms. The van der Waals surface area contributed by atoms with Gasteiger partial charge in [0.25, 0.3) is 5.82 Å². The molecule has 5 heterocycles. The van der Waals surface area contributed by atoms with E-state index >= 15 is 0 Å². The fraction of sp³-hybridized carbons (Fsp3) is 0.133. The summed E-state index contributed by atoms with van der Waals surface area (Å²) in [6.45, 7) is -1.66. The molecule has 5 heteroatoms. The predicted octanol–water partition coefficient (Wildman–Crippen LogP) is 1.54. The molecule has 5 nitrogen and oxygen atoms in total. The molecule has 4 aromatic rings. The number of nitrogens with zero attached hydrogens (tertiary/aromatic N) is 5. The Bertz CT molecular complexity index is 1090. The van der Waals surface area contributed by atoms with Crippen LogP contribution < -0.4 is 4.57 Å². The summed E-state index contributed by atoms with van der Waals surface area (Å²) in [5.41, 5.74) is 4.30. The van der Waals surface area contributed by atoms with Crippen LogP contribution in [-0.4, -0.2) is 19.2 Å². The Hall–Kier alpha value is -2.69. The fourth-order valence-electron chi connectivity index (χ4n) is 3.12. The van der Waals surface area contributed by atoms with Crippen LogP contribution in [0, 0.1) is 0 Å². The van der Waals surface area contributed by atoms with E-state index in [1.54, 1.807) is 23.1 Å². The molecule has 4 aromatic heterocycles. The van der Waals surface area contributed by atoms with Gasteiger partial charge in [-0.1, -0.05) is 0 Å². The maximum atomic E-state index is 8.03. The molecule has 0 saturated carbocycles. The van der Waals surface area contributed by atoms with Gasteiger partial charge in [-0.3, -0.25) is 4.98 Å². The van der Waals surface area contributed by atoms with Crippen LogP contribution in [0.4, 0.5) is 0 Å². The first-order valence-corrected chi connectivity index (χ1v) is 6.40. The van der Waals surface area contributed by atoms with Crippen molar-refractivity contribution < 1.29 is 8.68 Å². The summed E-state index contributed by atoms with van der Waals surface area (Å²) in [5, 5.41) is 4.28. The summed E-state index contributed by atoms with van der Waals surface area (Å²) >= 11 is 0. The van der Waals surface area contributed by atoms with Crippen molar-refractivity contribution in [2.75, 3.05) is 0 Å². The topological polar surface area (TPSA) is 39.0 Å². The van der Waals surface area contributed by atoms with Gasteiger partial charge in [0.1, 0.15) is 12.1 Å². The molecule has 0 aliphatic carbocycles. The maximum Gasteiger partial charge on any atom is 0.290 e. The zero-order chi connectivity index (χ0) is 15.8. The van der Waals surface area contributed by atoms with Crippen molar-refractivity contribution in [3.05, 3.63) is 48.5 Å². The third kappa shape index (κ3) is 1.02. The molecule has 0 N–H and O–H groups in total. The van der Waals surface area contributed by atoms with Crippen LogP contribution in [0.15, 0.2) is 43.0 Å². The number of aromatic nitrogens is 5. The van der Waals surface area contributed by atoms with Crippen molar-refractivity contribution in [2.45, 2.75) is 6.54 Å². The van der Waals surface area contributed by atoms with E-state index in [0.717, 1.165) is 22.2 Å². The summed E-state index contributed by atoms with van der Waals surface area (Å²) in [6, 6.07) is 5.59. The molecule has 0 amide bonds. The molecule has 0 spiro atoms. The van der Waals surface area contributed by atoms with Gasteiger partial charge in [0.2, 0.25) is 5.52 Å². The highest BCUT2D eigenvalue weighted by Crippen LogP contribution is 2.33. The van der Waals surface area contributed by atoms with Crippen LogP contribution in [0.3, 0.4) is 0 Å². The first-order chi connectivity index (χ1) is 11.1. The highest BCUT2D eigenvalue weighted by Gasteiger charge is 2.34. The molecular formula is C15H12N5+. The highest BCUT2D eigenvalue weighted by atomic mass is 15.3. The van der Waals surface area contributed by atoms with Crippen molar-refractivity contribution in [3.8, 4) is 11.4 Å². The quantitative estimate of drug-likeness (QED) is 0.398. The van der Waals surface area contributed by atoms with Crippen LogP contribution in [-0.2, 0) is 13.5 Å². The monoisotopic (exact) mass is 265 g/mol. The number of aryl methyl sites for hydroxylation is 1. The number of fused-ring (bicyclic) bond motifs is 7. The molecular weight excluding hydrogens is 250 g/mol. The molecule has 0 radical (unpaired) electrons. The summed E-state index contributed by atoms with van der Waals surface area (Å²) < 4.78 is 29.3. The van der Waals surface area contributed by atoms with Crippen LogP contribution in [0.25, 0.3) is 27.9 Å². The van der Waals surface area contributed by atoms with Gasteiger partial charge in [0, 0.05) is 24.2 Å². The third-order valence-corrected chi connectivity index (χ3v) is 3.96. The second-order valence-corrected chi connectivity index (χ2v) is 4.99. The molecule has 1 aliphatic rings. The van der Waals surface area contributed by atoms with E-state index in [9.17, 15) is 0 Å². The first-order valence-electron chi connectivity index (χ1n) is 7.90. The van der Waals surface area contributed by atoms with Crippen molar-refractivity contribution in [2.24, 2.45) is 6.98 Å². The largest absolute Gasteiger partial charge is 0.290 e. The Balaban J connectivity index is 2.01. The number of hydrogen-bond acceptors (Lipinski definition) is 2. The Labute approximate surface area is 118 Å². The SMILES string of the molecule is [2H]C([2H])([2H])[n+]1c2n(c3cn4ncccc4c31)Cc1cnccc1-2. The lowest BCUT2D eigenvalue weighted by molar-refractivity contribution is -0.633. The minimum atomic E-state index is -2.28. The first kappa shape index (κ1) is 7.79. The Morgan fingerprint density at radius 2 is 2.30 bits per heavy atom. The average molecular weight is 265 g/mol. The van der Waals surface area contributed by atoms with Gasteiger partial charge in [0.05, 0.1) is 22.8 Å². The van der Waals surface area contributed by atoms with Crippen LogP contribution in [0.1, 0.15) is 9.68 Å². The summed E-state index contributed by atoms with van der Waals surface area (Å²) in [4.78, 5) is 4.15. The van der Waals surface area contributed by atoms with Crippen LogP contribution >= 0.6 is 0 Å². The zero-order valence-corrected chi connectivity index (χ0v) is 10.5. The van der Waals surface area contributed by atoms with E-state index < -0.39 is 6.98 Å². The normalized spacial score (nSPS) is 15.9. The molecule has 96 valence electrons. The molecule has 1 aliphatic heterocycles. The van der Waals surface area contributed by atoms with Gasteiger partial charge in [-0.2, -0.15) is 5.10 Å². The fourth-order valence-corrected chi connectivity index (χ4v) is 3.12. The molecule has 20 heavy (non-hydrogen) atoms. The average Bonchev–Trinajstić information content (AvgIpc) is 3.13. The Morgan fingerprint density at radius 3 is 3.25 bits per heavy atom. The van der Waals surface area contributed by atoms with Gasteiger partial charge in [-0.25, -0.2) is 13.6 Å². The maximum absolute atomic E-state index is 8.03. The van der Waals surface area contributed by atoms with Crippen LogP contribution in [0.5, 0.6) is 0 Å². The lowest BCUT2D eigenvalue weighted by Crippen LogP contribution is -2.29. The van der Waals surface area contributed by atoms with Gasteiger partial charge < -0.3 is 0 Å². The van der Waals surface area contributed by atoms with E-state index in [4.69, 9.17) is 4.11 Å². The Morgan fingerprint density at radius 1 is 1.30 bits per heavy atom. The number of hydrogen-bond donors (Lipinski definition) is 0. The molecule has 0 saturated heterocycles. The molecule has 0 unspecified atom stereocenters. The summed E-state index contributed by atoms with van der Waals surface area (Å²) in [6.07, 6.45) is 7.07. The second kappa shape index (κ2) is 3.25.